The monoisotopic (exact) mass is 309 g/mol. The molecule has 22 heavy (non-hydrogen) atoms. The van der Waals surface area contributed by atoms with Crippen LogP contribution in [-0.2, 0) is 4.74 Å². The highest BCUT2D eigenvalue weighted by Gasteiger charge is 2.23. The van der Waals surface area contributed by atoms with Crippen molar-refractivity contribution >= 4 is 0 Å². The van der Waals surface area contributed by atoms with Crippen LogP contribution in [0.1, 0.15) is 31.9 Å². The van der Waals surface area contributed by atoms with Crippen LogP contribution in [0.5, 0.6) is 11.5 Å². The molecule has 3 unspecified atom stereocenters. The average molecular weight is 309 g/mol. The first-order chi connectivity index (χ1) is 10.5. The second-order valence-corrected chi connectivity index (χ2v) is 5.93. The minimum absolute atomic E-state index is 0.243. The topological polar surface area (TPSA) is 51.2 Å². The van der Waals surface area contributed by atoms with Crippen LogP contribution in [-0.4, -0.2) is 56.1 Å². The van der Waals surface area contributed by atoms with Gasteiger partial charge in [0.2, 0.25) is 0 Å². The van der Waals surface area contributed by atoms with E-state index < -0.39 is 6.10 Å². The van der Waals surface area contributed by atoms with Gasteiger partial charge in [-0.1, -0.05) is 0 Å². The molecule has 2 rings (SSSR count). The Bertz CT molecular complexity index is 470. The fourth-order valence-corrected chi connectivity index (χ4v) is 3.03. The maximum atomic E-state index is 10.5. The lowest BCUT2D eigenvalue weighted by Gasteiger charge is -2.35. The van der Waals surface area contributed by atoms with Gasteiger partial charge in [0, 0.05) is 25.2 Å². The first-order valence-electron chi connectivity index (χ1n) is 7.81. The van der Waals surface area contributed by atoms with Gasteiger partial charge in [0.1, 0.15) is 11.5 Å². The van der Waals surface area contributed by atoms with Gasteiger partial charge >= 0.3 is 0 Å². The lowest BCUT2D eigenvalue weighted by atomic mass is 10.0. The fraction of sp³-hybridized carbons (Fsp3) is 0.647. The maximum Gasteiger partial charge on any atom is 0.124 e. The van der Waals surface area contributed by atoms with Crippen molar-refractivity contribution in [2.75, 3.05) is 33.9 Å². The van der Waals surface area contributed by atoms with Crippen molar-refractivity contribution < 1.29 is 19.3 Å². The number of methoxy groups -OCH3 is 2. The molecule has 1 aromatic rings. The van der Waals surface area contributed by atoms with Crippen LogP contribution in [0.25, 0.3) is 0 Å². The smallest absolute Gasteiger partial charge is 0.124 e. The predicted molar refractivity (Wildman–Crippen MR) is 85.6 cm³/mol. The van der Waals surface area contributed by atoms with E-state index in [9.17, 15) is 5.11 Å². The molecule has 5 nitrogen and oxygen atoms in total. The number of aliphatic hydroxyl groups excluding tert-OH is 1. The summed E-state index contributed by atoms with van der Waals surface area (Å²) >= 11 is 0. The molecule has 1 fully saturated rings. The number of hydrogen-bond donors (Lipinski definition) is 1. The summed E-state index contributed by atoms with van der Waals surface area (Å²) in [6, 6.07) is 5.50. The Morgan fingerprint density at radius 3 is 2.50 bits per heavy atom. The van der Waals surface area contributed by atoms with Crippen molar-refractivity contribution in [3.63, 3.8) is 0 Å². The Kier molecular flexibility index (Phi) is 6.06. The summed E-state index contributed by atoms with van der Waals surface area (Å²) in [5.74, 6) is 1.42. The Morgan fingerprint density at radius 1 is 1.23 bits per heavy atom. The highest BCUT2D eigenvalue weighted by molar-refractivity contribution is 5.41. The lowest BCUT2D eigenvalue weighted by molar-refractivity contribution is -0.0703. The second kappa shape index (κ2) is 7.81. The first kappa shape index (κ1) is 17.1. The molecule has 0 aromatic heterocycles. The molecule has 124 valence electrons. The quantitative estimate of drug-likeness (QED) is 0.873. The van der Waals surface area contributed by atoms with Gasteiger partial charge in [-0.15, -0.1) is 0 Å². The molecule has 1 N–H and O–H groups in total. The molecule has 0 radical (unpaired) electrons. The van der Waals surface area contributed by atoms with Crippen LogP contribution in [0.3, 0.4) is 0 Å². The van der Waals surface area contributed by atoms with E-state index in [-0.39, 0.29) is 12.2 Å². The molecule has 1 aliphatic rings. The van der Waals surface area contributed by atoms with Gasteiger partial charge in [-0.25, -0.2) is 0 Å². The molecule has 1 heterocycles. The second-order valence-electron chi connectivity index (χ2n) is 5.93. The Balaban J connectivity index is 1.98. The Labute approximate surface area is 132 Å². The number of ether oxygens (including phenoxy) is 3. The van der Waals surface area contributed by atoms with Gasteiger partial charge in [0.05, 0.1) is 32.5 Å². The van der Waals surface area contributed by atoms with Gasteiger partial charge in [-0.2, -0.15) is 0 Å². The van der Waals surface area contributed by atoms with Gasteiger partial charge in [-0.05, 0) is 38.5 Å². The van der Waals surface area contributed by atoms with Crippen LogP contribution in [0, 0.1) is 0 Å². The van der Waals surface area contributed by atoms with Crippen LogP contribution >= 0.6 is 0 Å². The summed E-state index contributed by atoms with van der Waals surface area (Å²) in [6.07, 6.45) is 0.571. The molecule has 5 heteroatoms. The molecule has 0 spiro atoms. The normalized spacial score (nSPS) is 24.0. The van der Waals surface area contributed by atoms with Crippen molar-refractivity contribution in [2.45, 2.75) is 38.6 Å². The predicted octanol–water partition coefficient (Wildman–Crippen LogP) is 2.24. The van der Waals surface area contributed by atoms with Crippen molar-refractivity contribution in [1.82, 2.24) is 4.90 Å². The minimum atomic E-state index is -0.571. The van der Waals surface area contributed by atoms with E-state index in [2.05, 4.69) is 18.7 Å². The lowest BCUT2D eigenvalue weighted by Crippen LogP contribution is -2.45. The third kappa shape index (κ3) is 4.35. The van der Waals surface area contributed by atoms with Crippen molar-refractivity contribution in [2.24, 2.45) is 0 Å². The number of rotatable bonds is 6. The number of morpholine rings is 1. The molecular weight excluding hydrogens is 282 g/mol. The number of hydrogen-bond acceptors (Lipinski definition) is 5. The average Bonchev–Trinajstić information content (AvgIpc) is 2.51. The van der Waals surface area contributed by atoms with Gasteiger partial charge in [0.25, 0.3) is 0 Å². The third-order valence-electron chi connectivity index (χ3n) is 4.01. The van der Waals surface area contributed by atoms with E-state index in [1.807, 2.05) is 18.2 Å². The first-order valence-corrected chi connectivity index (χ1v) is 7.81. The molecule has 0 aliphatic carbocycles. The highest BCUT2D eigenvalue weighted by atomic mass is 16.5. The molecule has 3 atom stereocenters. The van der Waals surface area contributed by atoms with Crippen LogP contribution in [0.2, 0.25) is 0 Å². The summed E-state index contributed by atoms with van der Waals surface area (Å²) in [4.78, 5) is 2.34. The number of nitrogens with zero attached hydrogens (tertiary/aromatic N) is 1. The van der Waals surface area contributed by atoms with Crippen LogP contribution < -0.4 is 9.47 Å². The van der Waals surface area contributed by atoms with Gasteiger partial charge < -0.3 is 19.3 Å². The molecule has 1 saturated heterocycles. The molecular formula is C17H27NO4. The number of benzene rings is 1. The zero-order chi connectivity index (χ0) is 16.1. The van der Waals surface area contributed by atoms with Gasteiger partial charge in [0.15, 0.2) is 0 Å². The van der Waals surface area contributed by atoms with E-state index in [0.29, 0.717) is 12.2 Å². The van der Waals surface area contributed by atoms with Crippen LogP contribution in [0.15, 0.2) is 18.2 Å². The van der Waals surface area contributed by atoms with E-state index in [1.54, 1.807) is 14.2 Å². The van der Waals surface area contributed by atoms with E-state index in [1.165, 1.54) is 0 Å². The summed E-state index contributed by atoms with van der Waals surface area (Å²) in [6.45, 7) is 6.83. The zero-order valence-electron chi connectivity index (χ0n) is 13.9. The molecule has 0 saturated carbocycles. The van der Waals surface area contributed by atoms with Crippen molar-refractivity contribution in [3.8, 4) is 11.5 Å². The van der Waals surface area contributed by atoms with Crippen molar-refractivity contribution in [3.05, 3.63) is 23.8 Å². The largest absolute Gasteiger partial charge is 0.497 e. The highest BCUT2D eigenvalue weighted by Crippen LogP contribution is 2.31. The standard InChI is InChI=1S/C17H27NO4/c1-12-10-18(11-13(2)22-12)8-7-16(19)15-9-14(20-3)5-6-17(15)21-4/h5-6,9,12-13,16,19H,7-8,10-11H2,1-4H3. The van der Waals surface area contributed by atoms with Gasteiger partial charge in [-0.3, -0.25) is 4.90 Å². The third-order valence-corrected chi connectivity index (χ3v) is 4.01. The Morgan fingerprint density at radius 2 is 1.91 bits per heavy atom. The minimum Gasteiger partial charge on any atom is -0.497 e. The zero-order valence-corrected chi connectivity index (χ0v) is 13.9. The fourth-order valence-electron chi connectivity index (χ4n) is 3.03. The molecule has 1 aliphatic heterocycles. The van der Waals surface area contributed by atoms with E-state index >= 15 is 0 Å². The molecule has 0 amide bonds. The Hall–Kier alpha value is -1.30. The number of aliphatic hydroxyl groups is 1. The molecule has 0 bridgehead atoms. The maximum absolute atomic E-state index is 10.5. The summed E-state index contributed by atoms with van der Waals surface area (Å²) in [5, 5.41) is 10.5. The van der Waals surface area contributed by atoms with Crippen LogP contribution in [0.4, 0.5) is 0 Å². The van der Waals surface area contributed by atoms with Crippen molar-refractivity contribution in [1.29, 1.82) is 0 Å². The SMILES string of the molecule is COc1ccc(OC)c(C(O)CCN2CC(C)OC(C)C2)c1. The summed E-state index contributed by atoms with van der Waals surface area (Å²) in [7, 11) is 3.23. The summed E-state index contributed by atoms with van der Waals surface area (Å²) < 4.78 is 16.3. The van der Waals surface area contributed by atoms with E-state index in [4.69, 9.17) is 14.2 Å². The molecule has 1 aromatic carbocycles. The summed E-state index contributed by atoms with van der Waals surface area (Å²) in [5.41, 5.74) is 0.774. The van der Waals surface area contributed by atoms with E-state index in [0.717, 1.165) is 30.9 Å².